The monoisotopic (exact) mass is 446 g/mol. The molecule has 0 aliphatic rings. The minimum Gasteiger partial charge on any atom is -0.398 e. The Morgan fingerprint density at radius 2 is 0.920 bits per heavy atom. The van der Waals surface area contributed by atoms with Gasteiger partial charge in [-0.25, -0.2) is 0 Å². The van der Waals surface area contributed by atoms with Crippen molar-refractivity contribution >= 4 is 48.5 Å². The van der Waals surface area contributed by atoms with Gasteiger partial charge in [0.25, 0.3) is 0 Å². The summed E-state index contributed by atoms with van der Waals surface area (Å²) >= 11 is 0. The fourth-order valence-electron chi connectivity index (χ4n) is 2.24. The van der Waals surface area contributed by atoms with Crippen LogP contribution in [0.15, 0.2) is 0 Å². The molecule has 0 N–H and O–H groups in total. The van der Waals surface area contributed by atoms with E-state index in [1.165, 1.54) is 50.0 Å². The fraction of sp³-hybridized carbons (Fsp3) is 1.00. The van der Waals surface area contributed by atoms with Crippen LogP contribution in [0.3, 0.4) is 0 Å². The third-order valence-electron chi connectivity index (χ3n) is 4.54. The van der Waals surface area contributed by atoms with E-state index in [-0.39, 0.29) is 0 Å². The first kappa shape index (κ1) is 26.3. The fourth-order valence-corrected chi connectivity index (χ4v) is 9.18. The minimum atomic E-state index is -1.84. The van der Waals surface area contributed by atoms with Crippen LogP contribution in [-0.2, 0) is 17.7 Å². The van der Waals surface area contributed by atoms with Crippen LogP contribution in [0.5, 0.6) is 0 Å². The van der Waals surface area contributed by atoms with Gasteiger partial charge in [-0.1, -0.05) is 47.3 Å². The maximum absolute atomic E-state index is 5.51. The molecule has 0 aliphatic carbocycles. The molecule has 0 aromatic heterocycles. The molecule has 0 aliphatic heterocycles. The molecule has 0 bridgehead atoms. The normalized spacial score (nSPS) is 12.7. The van der Waals surface area contributed by atoms with Crippen molar-refractivity contribution in [2.24, 2.45) is 0 Å². The Morgan fingerprint density at radius 3 is 1.24 bits per heavy atom. The molecule has 0 spiro atoms. The molecule has 152 valence electrons. The van der Waals surface area contributed by atoms with E-state index in [0.717, 1.165) is 12.1 Å². The molecule has 0 aromatic carbocycles. The Morgan fingerprint density at radius 1 is 0.560 bits per heavy atom. The van der Waals surface area contributed by atoms with E-state index in [1.807, 2.05) is 31.4 Å². The second-order valence-corrected chi connectivity index (χ2v) is 18.1. The number of hydrogen-bond donors (Lipinski definition) is 0. The predicted molar refractivity (Wildman–Crippen MR) is 121 cm³/mol. The first-order chi connectivity index (χ1) is 11.9. The summed E-state index contributed by atoms with van der Waals surface area (Å²) in [5, 5.41) is 0. The van der Waals surface area contributed by atoms with Crippen molar-refractivity contribution < 1.29 is 17.7 Å². The molecular formula is C16H38O4S3Si2. The van der Waals surface area contributed by atoms with E-state index in [2.05, 4.69) is 13.1 Å². The van der Waals surface area contributed by atoms with Crippen molar-refractivity contribution in [2.75, 3.05) is 39.9 Å². The zero-order valence-electron chi connectivity index (χ0n) is 16.9. The lowest BCUT2D eigenvalue weighted by Gasteiger charge is -2.22. The van der Waals surface area contributed by atoms with Gasteiger partial charge in [-0.2, -0.15) is 0 Å². The Hall–Kier alpha value is 1.32. The average Bonchev–Trinajstić information content (AvgIpc) is 2.65. The van der Waals surface area contributed by atoms with Gasteiger partial charge in [0.05, 0.1) is 0 Å². The van der Waals surface area contributed by atoms with E-state index >= 15 is 0 Å². The van der Waals surface area contributed by atoms with Gasteiger partial charge in [0, 0.05) is 39.9 Å². The van der Waals surface area contributed by atoms with Crippen LogP contribution in [0, 0.1) is 0 Å². The van der Waals surface area contributed by atoms with E-state index < -0.39 is 17.1 Å². The highest BCUT2D eigenvalue weighted by molar-refractivity contribution is 9.09. The number of rotatable bonds is 18. The molecular weight excluding hydrogens is 409 g/mol. The third-order valence-corrected chi connectivity index (χ3v) is 14.9. The van der Waals surface area contributed by atoms with Gasteiger partial charge in [-0.05, 0) is 47.8 Å². The largest absolute Gasteiger partial charge is 0.398 e. The van der Waals surface area contributed by atoms with Crippen molar-refractivity contribution in [1.29, 1.82) is 0 Å². The highest BCUT2D eigenvalue weighted by Crippen LogP contribution is 2.36. The van der Waals surface area contributed by atoms with Crippen molar-refractivity contribution in [3.05, 3.63) is 0 Å². The lowest BCUT2D eigenvalue weighted by Crippen LogP contribution is -2.35. The molecule has 0 fully saturated rings. The summed E-state index contributed by atoms with van der Waals surface area (Å²) in [6.07, 6.45) is 7.55. The summed E-state index contributed by atoms with van der Waals surface area (Å²) in [6.45, 7) is 4.28. The molecule has 25 heavy (non-hydrogen) atoms. The molecule has 0 aromatic rings. The highest BCUT2D eigenvalue weighted by atomic mass is 33.5. The molecule has 0 saturated heterocycles. The van der Waals surface area contributed by atoms with Gasteiger partial charge in [0.2, 0.25) is 0 Å². The zero-order valence-corrected chi connectivity index (χ0v) is 21.4. The molecule has 0 rings (SSSR count). The van der Waals surface area contributed by atoms with Crippen molar-refractivity contribution in [2.45, 2.75) is 63.7 Å². The molecule has 4 nitrogen and oxygen atoms in total. The molecule has 0 saturated carbocycles. The van der Waals surface area contributed by atoms with Gasteiger partial charge in [-0.15, -0.1) is 0 Å². The van der Waals surface area contributed by atoms with Gasteiger partial charge in [0.15, 0.2) is 0 Å². The summed E-state index contributed by atoms with van der Waals surface area (Å²) in [4.78, 5) is 0. The van der Waals surface area contributed by atoms with Crippen LogP contribution in [0.1, 0.15) is 38.5 Å². The van der Waals surface area contributed by atoms with Gasteiger partial charge in [-0.3, -0.25) is 0 Å². The first-order valence-electron chi connectivity index (χ1n) is 9.07. The predicted octanol–water partition coefficient (Wildman–Crippen LogP) is 6.09. The van der Waals surface area contributed by atoms with Crippen LogP contribution in [0.4, 0.5) is 0 Å². The molecule has 0 amide bonds. The van der Waals surface area contributed by atoms with E-state index in [0.29, 0.717) is 0 Å². The Balaban J connectivity index is 3.32. The van der Waals surface area contributed by atoms with Crippen molar-refractivity contribution in [3.63, 3.8) is 0 Å². The summed E-state index contributed by atoms with van der Waals surface area (Å²) in [7, 11) is 9.35. The number of unbranched alkanes of at least 4 members (excludes halogenated alkanes) is 4. The SMILES string of the molecule is CO[Si](C)(CCCCCSSSCCCCC[Si](C)(OC)OC)OC. The van der Waals surface area contributed by atoms with Crippen LogP contribution in [-0.4, -0.2) is 57.1 Å². The Labute approximate surface area is 169 Å². The van der Waals surface area contributed by atoms with E-state index in [9.17, 15) is 0 Å². The van der Waals surface area contributed by atoms with Crippen LogP contribution >= 0.6 is 31.4 Å². The van der Waals surface area contributed by atoms with Gasteiger partial charge in [0.1, 0.15) is 0 Å². The smallest absolute Gasteiger partial charge is 0.334 e. The Kier molecular flexibility index (Phi) is 17.2. The molecule has 0 radical (unpaired) electrons. The lowest BCUT2D eigenvalue weighted by atomic mass is 10.3. The molecule has 0 atom stereocenters. The van der Waals surface area contributed by atoms with Crippen LogP contribution < -0.4 is 0 Å². The van der Waals surface area contributed by atoms with Gasteiger partial charge < -0.3 is 17.7 Å². The molecule has 9 heteroatoms. The number of hydrogen-bond acceptors (Lipinski definition) is 7. The standard InChI is InChI=1S/C16H38O4S3Si2/c1-17-24(5,18-2)15-11-7-9-13-21-23-22-14-10-8-12-16-25(6,19-3)20-4/h7-16H2,1-6H3. The minimum absolute atomic E-state index is 1.10. The molecule has 0 heterocycles. The average molecular weight is 447 g/mol. The summed E-state index contributed by atoms with van der Waals surface area (Å²) in [6, 6.07) is 2.20. The van der Waals surface area contributed by atoms with Gasteiger partial charge >= 0.3 is 17.1 Å². The second-order valence-electron chi connectivity index (χ2n) is 6.42. The quantitative estimate of drug-likeness (QED) is 0.143. The first-order valence-corrected chi connectivity index (χ1v) is 17.9. The van der Waals surface area contributed by atoms with E-state index in [4.69, 9.17) is 17.7 Å². The zero-order chi connectivity index (χ0) is 19.0. The Bertz CT molecular complexity index is 279. The van der Waals surface area contributed by atoms with Crippen molar-refractivity contribution in [1.82, 2.24) is 0 Å². The summed E-state index contributed by atoms with van der Waals surface area (Å²) in [5.74, 6) is 2.48. The topological polar surface area (TPSA) is 36.9 Å². The van der Waals surface area contributed by atoms with E-state index in [1.54, 1.807) is 28.4 Å². The maximum Gasteiger partial charge on any atom is 0.334 e. The summed E-state index contributed by atoms with van der Waals surface area (Å²) < 4.78 is 22.0. The molecule has 0 unspecified atom stereocenters. The highest BCUT2D eigenvalue weighted by Gasteiger charge is 2.28. The third kappa shape index (κ3) is 14.0. The van der Waals surface area contributed by atoms with Crippen LogP contribution in [0.2, 0.25) is 25.2 Å². The summed E-state index contributed by atoms with van der Waals surface area (Å²) in [5.41, 5.74) is 0. The lowest BCUT2D eigenvalue weighted by molar-refractivity contribution is 0.248. The second kappa shape index (κ2) is 16.3. The van der Waals surface area contributed by atoms with Crippen molar-refractivity contribution in [3.8, 4) is 0 Å². The van der Waals surface area contributed by atoms with Crippen LogP contribution in [0.25, 0.3) is 0 Å². The maximum atomic E-state index is 5.51.